The summed E-state index contributed by atoms with van der Waals surface area (Å²) >= 11 is 0. The fraction of sp³-hybridized carbons (Fsp3) is 0.786. The van der Waals surface area contributed by atoms with E-state index in [4.69, 9.17) is 0 Å². The predicted molar refractivity (Wildman–Crippen MR) is 85.6 cm³/mol. The number of nitrogens with one attached hydrogen (secondary N) is 2. The zero-order valence-corrected chi connectivity index (χ0v) is 14.9. The summed E-state index contributed by atoms with van der Waals surface area (Å²) in [6.07, 6.45) is -4.45. The largest absolute Gasteiger partial charge is 0.406 e. The van der Waals surface area contributed by atoms with Gasteiger partial charge in [0.15, 0.2) is 5.96 Å². The highest BCUT2D eigenvalue weighted by Crippen LogP contribution is 2.15. The van der Waals surface area contributed by atoms with Gasteiger partial charge in [0, 0.05) is 26.7 Å². The Balaban J connectivity index is 4.51. The van der Waals surface area contributed by atoms with E-state index in [0.717, 1.165) is 7.05 Å². The maximum atomic E-state index is 12.2. The molecule has 7 nitrogen and oxygen atoms in total. The fourth-order valence-corrected chi connectivity index (χ4v) is 1.78. The lowest BCUT2D eigenvalue weighted by Gasteiger charge is -2.26. The van der Waals surface area contributed by atoms with E-state index in [1.807, 2.05) is 20.8 Å². The standard InChI is InChI=1S/C14H26F3N5O2/c1-13(2,3)20-10(23)8-21(5)12(18-4)19-7-11(24)22(6)9-14(15,16)17/h7-9H2,1-6H3,(H,18,19)(H,20,23). The third-order valence-corrected chi connectivity index (χ3v) is 2.71. The Morgan fingerprint density at radius 1 is 1.08 bits per heavy atom. The summed E-state index contributed by atoms with van der Waals surface area (Å²) in [5.74, 6) is -0.748. The molecule has 0 aromatic rings. The molecular weight excluding hydrogens is 327 g/mol. The molecule has 0 bridgehead atoms. The van der Waals surface area contributed by atoms with Gasteiger partial charge in [-0.2, -0.15) is 13.2 Å². The lowest BCUT2D eigenvalue weighted by molar-refractivity contribution is -0.157. The van der Waals surface area contributed by atoms with E-state index in [2.05, 4.69) is 15.6 Å². The van der Waals surface area contributed by atoms with Crippen molar-refractivity contribution in [1.82, 2.24) is 20.4 Å². The zero-order valence-electron chi connectivity index (χ0n) is 14.9. The minimum absolute atomic E-state index is 0.0104. The molecule has 0 fully saturated rings. The van der Waals surface area contributed by atoms with Crippen molar-refractivity contribution in [2.45, 2.75) is 32.5 Å². The smallest absolute Gasteiger partial charge is 0.350 e. The van der Waals surface area contributed by atoms with Gasteiger partial charge in [0.25, 0.3) is 0 Å². The van der Waals surface area contributed by atoms with Gasteiger partial charge in [-0.3, -0.25) is 14.6 Å². The molecule has 0 radical (unpaired) electrons. The summed E-state index contributed by atoms with van der Waals surface area (Å²) < 4.78 is 36.7. The molecular formula is C14H26F3N5O2. The van der Waals surface area contributed by atoms with Crippen LogP contribution in [0.5, 0.6) is 0 Å². The Bertz CT molecular complexity index is 472. The van der Waals surface area contributed by atoms with Crippen LogP contribution in [0, 0.1) is 0 Å². The Morgan fingerprint density at radius 3 is 2.04 bits per heavy atom. The summed E-state index contributed by atoms with van der Waals surface area (Å²) in [7, 11) is 4.10. The number of hydrogen-bond donors (Lipinski definition) is 2. The number of nitrogens with zero attached hydrogens (tertiary/aromatic N) is 3. The quantitative estimate of drug-likeness (QED) is 0.555. The van der Waals surface area contributed by atoms with E-state index in [1.54, 1.807) is 7.05 Å². The average Bonchev–Trinajstić information content (AvgIpc) is 2.34. The van der Waals surface area contributed by atoms with Gasteiger partial charge in [0.2, 0.25) is 11.8 Å². The van der Waals surface area contributed by atoms with Crippen LogP contribution in [0.1, 0.15) is 20.8 Å². The molecule has 0 heterocycles. The number of carbonyl (C=O) groups excluding carboxylic acids is 2. The van der Waals surface area contributed by atoms with Crippen LogP contribution in [-0.4, -0.2) is 80.1 Å². The number of halogens is 3. The highest BCUT2D eigenvalue weighted by molar-refractivity contribution is 5.89. The monoisotopic (exact) mass is 353 g/mol. The molecule has 2 N–H and O–H groups in total. The van der Waals surface area contributed by atoms with Crippen LogP contribution in [0.15, 0.2) is 4.99 Å². The van der Waals surface area contributed by atoms with Crippen molar-refractivity contribution >= 4 is 17.8 Å². The predicted octanol–water partition coefficient (Wildman–Crippen LogP) is 0.429. The molecule has 0 aromatic heterocycles. The first-order valence-electron chi connectivity index (χ1n) is 7.28. The molecule has 0 aromatic carbocycles. The number of aliphatic imine (C=N–C) groups is 1. The van der Waals surface area contributed by atoms with Gasteiger partial charge in [-0.05, 0) is 20.8 Å². The van der Waals surface area contributed by atoms with E-state index in [9.17, 15) is 22.8 Å². The van der Waals surface area contributed by atoms with E-state index < -0.39 is 18.6 Å². The molecule has 2 amide bonds. The van der Waals surface area contributed by atoms with Crippen LogP contribution in [0.2, 0.25) is 0 Å². The summed E-state index contributed by atoms with van der Waals surface area (Å²) in [4.78, 5) is 29.5. The molecule has 0 rings (SSSR count). The summed E-state index contributed by atoms with van der Waals surface area (Å²) in [6, 6.07) is 0. The fourth-order valence-electron chi connectivity index (χ4n) is 1.78. The number of alkyl halides is 3. The molecule has 24 heavy (non-hydrogen) atoms. The van der Waals surface area contributed by atoms with E-state index in [0.29, 0.717) is 4.90 Å². The Morgan fingerprint density at radius 2 is 1.62 bits per heavy atom. The third kappa shape index (κ3) is 9.90. The first kappa shape index (κ1) is 22.0. The summed E-state index contributed by atoms with van der Waals surface area (Å²) in [5, 5.41) is 5.42. The Hall–Kier alpha value is -2.00. The first-order chi connectivity index (χ1) is 10.7. The van der Waals surface area contributed by atoms with Crippen LogP contribution >= 0.6 is 0 Å². The lowest BCUT2D eigenvalue weighted by Crippen LogP contribution is -2.50. The SMILES string of the molecule is CN=C(NCC(=O)N(C)CC(F)(F)F)N(C)CC(=O)NC(C)(C)C. The normalized spacial score (nSPS) is 12.6. The van der Waals surface area contributed by atoms with Gasteiger partial charge in [0.1, 0.15) is 6.54 Å². The first-order valence-corrected chi connectivity index (χ1v) is 7.28. The van der Waals surface area contributed by atoms with Gasteiger partial charge in [0.05, 0.1) is 13.1 Å². The van der Waals surface area contributed by atoms with Crippen LogP contribution in [0.4, 0.5) is 13.2 Å². The second-order valence-electron chi connectivity index (χ2n) is 6.42. The number of carbonyl (C=O) groups is 2. The molecule has 0 atom stereocenters. The highest BCUT2D eigenvalue weighted by Gasteiger charge is 2.31. The third-order valence-electron chi connectivity index (χ3n) is 2.71. The van der Waals surface area contributed by atoms with Crippen LogP contribution in [0.3, 0.4) is 0 Å². The van der Waals surface area contributed by atoms with E-state index >= 15 is 0 Å². The average molecular weight is 353 g/mol. The molecule has 0 aliphatic rings. The van der Waals surface area contributed by atoms with Crippen molar-refractivity contribution in [3.8, 4) is 0 Å². The minimum Gasteiger partial charge on any atom is -0.350 e. The van der Waals surface area contributed by atoms with Crippen LogP contribution in [-0.2, 0) is 9.59 Å². The zero-order chi connectivity index (χ0) is 19.1. The van der Waals surface area contributed by atoms with Crippen molar-refractivity contribution in [2.75, 3.05) is 40.8 Å². The number of amides is 2. The van der Waals surface area contributed by atoms with Crippen molar-refractivity contribution in [1.29, 1.82) is 0 Å². The lowest BCUT2D eigenvalue weighted by atomic mass is 10.1. The maximum absolute atomic E-state index is 12.2. The van der Waals surface area contributed by atoms with Gasteiger partial charge >= 0.3 is 6.18 Å². The Kier molecular flexibility index (Phi) is 8.01. The van der Waals surface area contributed by atoms with Crippen molar-refractivity contribution in [2.24, 2.45) is 4.99 Å². The van der Waals surface area contributed by atoms with Crippen LogP contribution < -0.4 is 10.6 Å². The maximum Gasteiger partial charge on any atom is 0.406 e. The van der Waals surface area contributed by atoms with Gasteiger partial charge in [-0.15, -0.1) is 0 Å². The van der Waals surface area contributed by atoms with Gasteiger partial charge in [-0.25, -0.2) is 0 Å². The van der Waals surface area contributed by atoms with Gasteiger partial charge in [-0.1, -0.05) is 0 Å². The second kappa shape index (κ2) is 8.74. The van der Waals surface area contributed by atoms with Gasteiger partial charge < -0.3 is 20.4 Å². The van der Waals surface area contributed by atoms with Crippen molar-refractivity contribution in [3.05, 3.63) is 0 Å². The Labute approximate surface area is 140 Å². The number of guanidine groups is 1. The number of likely N-dealkylation sites (N-methyl/N-ethyl adjacent to an activating group) is 2. The second-order valence-corrected chi connectivity index (χ2v) is 6.42. The summed E-state index contributed by atoms with van der Waals surface area (Å²) in [5.41, 5.74) is -0.384. The van der Waals surface area contributed by atoms with E-state index in [-0.39, 0.29) is 30.5 Å². The number of rotatable bonds is 5. The van der Waals surface area contributed by atoms with E-state index in [1.165, 1.54) is 11.9 Å². The molecule has 0 spiro atoms. The molecule has 0 unspecified atom stereocenters. The minimum atomic E-state index is -4.45. The highest BCUT2D eigenvalue weighted by atomic mass is 19.4. The molecule has 0 saturated carbocycles. The molecule has 10 heteroatoms. The molecule has 140 valence electrons. The van der Waals surface area contributed by atoms with Crippen molar-refractivity contribution in [3.63, 3.8) is 0 Å². The topological polar surface area (TPSA) is 77.0 Å². The van der Waals surface area contributed by atoms with Crippen LogP contribution in [0.25, 0.3) is 0 Å². The van der Waals surface area contributed by atoms with Crippen molar-refractivity contribution < 1.29 is 22.8 Å². The molecule has 0 aliphatic heterocycles. The molecule has 0 saturated heterocycles. The summed E-state index contributed by atoms with van der Waals surface area (Å²) in [6.45, 7) is 3.83. The number of hydrogen-bond acceptors (Lipinski definition) is 3. The molecule has 0 aliphatic carbocycles.